The number of aliphatic hydroxyl groups is 1. The zero-order valence-electron chi connectivity index (χ0n) is 10.4. The van der Waals surface area contributed by atoms with E-state index in [1.54, 1.807) is 6.07 Å². The van der Waals surface area contributed by atoms with Crippen molar-refractivity contribution >= 4 is 15.9 Å². The first-order valence-corrected chi connectivity index (χ1v) is 6.77. The van der Waals surface area contributed by atoms with Crippen LogP contribution in [0.5, 0.6) is 0 Å². The van der Waals surface area contributed by atoms with Crippen LogP contribution in [0.2, 0.25) is 0 Å². The molecule has 0 aliphatic heterocycles. The van der Waals surface area contributed by atoms with Gasteiger partial charge in [0, 0.05) is 5.56 Å². The summed E-state index contributed by atoms with van der Waals surface area (Å²) in [5.41, 5.74) is 1.43. The Hall–Kier alpha value is -0.410. The van der Waals surface area contributed by atoms with Crippen LogP contribution in [-0.2, 0) is 5.41 Å². The van der Waals surface area contributed by atoms with Crippen LogP contribution in [0.3, 0.4) is 0 Å². The molecule has 1 aliphatic rings. The fourth-order valence-corrected chi connectivity index (χ4v) is 2.40. The molecule has 0 radical (unpaired) electrons. The van der Waals surface area contributed by atoms with Crippen molar-refractivity contribution in [2.24, 2.45) is 5.92 Å². The Morgan fingerprint density at radius 3 is 2.41 bits per heavy atom. The van der Waals surface area contributed by atoms with Gasteiger partial charge in [0.15, 0.2) is 0 Å². The van der Waals surface area contributed by atoms with E-state index in [2.05, 4.69) is 36.7 Å². The van der Waals surface area contributed by atoms with Crippen LogP contribution in [0.15, 0.2) is 16.6 Å². The van der Waals surface area contributed by atoms with Crippen LogP contribution in [0.25, 0.3) is 0 Å². The standard InChI is InChI=1S/C14H18BrFO/c1-14(2,3)9-6-10(12(16)11(15)7-9)13(17)8-4-5-8/h6-8,13,17H,4-5H2,1-3H3. The SMILES string of the molecule is CC(C)(C)c1cc(Br)c(F)c(C(O)C2CC2)c1. The maximum Gasteiger partial charge on any atom is 0.143 e. The van der Waals surface area contributed by atoms with Crippen LogP contribution in [0.4, 0.5) is 4.39 Å². The molecule has 2 rings (SSSR count). The molecule has 0 saturated heterocycles. The van der Waals surface area contributed by atoms with Crippen LogP contribution in [-0.4, -0.2) is 5.11 Å². The van der Waals surface area contributed by atoms with Crippen molar-refractivity contribution in [2.75, 3.05) is 0 Å². The molecule has 0 spiro atoms. The highest BCUT2D eigenvalue weighted by atomic mass is 79.9. The van der Waals surface area contributed by atoms with Gasteiger partial charge in [0.1, 0.15) is 5.82 Å². The van der Waals surface area contributed by atoms with E-state index in [0.29, 0.717) is 10.0 Å². The minimum absolute atomic E-state index is 0.0474. The maximum absolute atomic E-state index is 14.0. The molecule has 1 aromatic rings. The molecule has 94 valence electrons. The zero-order chi connectivity index (χ0) is 12.8. The summed E-state index contributed by atoms with van der Waals surface area (Å²) < 4.78 is 14.4. The first-order valence-electron chi connectivity index (χ1n) is 5.98. The van der Waals surface area contributed by atoms with Gasteiger partial charge in [-0.1, -0.05) is 20.8 Å². The quantitative estimate of drug-likeness (QED) is 0.862. The van der Waals surface area contributed by atoms with Crippen molar-refractivity contribution in [1.82, 2.24) is 0 Å². The number of benzene rings is 1. The third-order valence-electron chi connectivity index (χ3n) is 3.31. The predicted octanol–water partition coefficient (Wildman–Crippen LogP) is 4.33. The minimum atomic E-state index is -0.659. The largest absolute Gasteiger partial charge is 0.388 e. The second-order valence-corrected chi connectivity index (χ2v) is 6.75. The number of aliphatic hydroxyl groups excluding tert-OH is 1. The van der Waals surface area contributed by atoms with E-state index in [4.69, 9.17) is 0 Å². The molecule has 1 atom stereocenters. The molecule has 1 nitrogen and oxygen atoms in total. The second kappa shape index (κ2) is 4.36. The van der Waals surface area contributed by atoms with Gasteiger partial charge in [0.25, 0.3) is 0 Å². The van der Waals surface area contributed by atoms with Gasteiger partial charge >= 0.3 is 0 Å². The van der Waals surface area contributed by atoms with Gasteiger partial charge in [0.05, 0.1) is 10.6 Å². The van der Waals surface area contributed by atoms with Gasteiger partial charge in [-0.05, 0) is 57.8 Å². The minimum Gasteiger partial charge on any atom is -0.388 e. The molecule has 0 aromatic heterocycles. The molecule has 0 bridgehead atoms. The summed E-state index contributed by atoms with van der Waals surface area (Å²) in [6.45, 7) is 6.25. The van der Waals surface area contributed by atoms with Crippen molar-refractivity contribution in [3.05, 3.63) is 33.5 Å². The van der Waals surface area contributed by atoms with Crippen molar-refractivity contribution in [3.63, 3.8) is 0 Å². The molecule has 1 N–H and O–H groups in total. The summed E-state index contributed by atoms with van der Waals surface area (Å²) in [5, 5.41) is 10.1. The van der Waals surface area contributed by atoms with Gasteiger partial charge in [-0.2, -0.15) is 0 Å². The predicted molar refractivity (Wildman–Crippen MR) is 70.5 cm³/mol. The van der Waals surface area contributed by atoms with Gasteiger partial charge in [0.2, 0.25) is 0 Å². The lowest BCUT2D eigenvalue weighted by Gasteiger charge is -2.22. The highest BCUT2D eigenvalue weighted by molar-refractivity contribution is 9.10. The fourth-order valence-electron chi connectivity index (χ4n) is 1.92. The summed E-state index contributed by atoms with van der Waals surface area (Å²) in [4.78, 5) is 0. The van der Waals surface area contributed by atoms with E-state index in [1.807, 2.05) is 6.07 Å². The summed E-state index contributed by atoms with van der Waals surface area (Å²) in [6, 6.07) is 3.61. The van der Waals surface area contributed by atoms with Crippen LogP contribution < -0.4 is 0 Å². The summed E-state index contributed by atoms with van der Waals surface area (Å²) in [6.07, 6.45) is 1.34. The van der Waals surface area contributed by atoms with Gasteiger partial charge in [-0.3, -0.25) is 0 Å². The Bertz CT molecular complexity index is 433. The average Bonchev–Trinajstić information content (AvgIpc) is 3.02. The van der Waals surface area contributed by atoms with E-state index in [9.17, 15) is 9.50 Å². The zero-order valence-corrected chi connectivity index (χ0v) is 12.0. The lowest BCUT2D eigenvalue weighted by atomic mass is 9.85. The van der Waals surface area contributed by atoms with Crippen molar-refractivity contribution < 1.29 is 9.50 Å². The van der Waals surface area contributed by atoms with Gasteiger partial charge in [-0.15, -0.1) is 0 Å². The molecule has 1 saturated carbocycles. The molecule has 17 heavy (non-hydrogen) atoms. The Labute approximate surface area is 110 Å². The molecule has 0 amide bonds. The third-order valence-corrected chi connectivity index (χ3v) is 3.89. The molecule has 3 heteroatoms. The fraction of sp³-hybridized carbons (Fsp3) is 0.571. The first kappa shape index (κ1) is 13.0. The molecular weight excluding hydrogens is 283 g/mol. The number of rotatable bonds is 2. The first-order chi connectivity index (χ1) is 7.80. The van der Waals surface area contributed by atoms with Crippen molar-refractivity contribution in [2.45, 2.75) is 45.1 Å². The highest BCUT2D eigenvalue weighted by Crippen LogP contribution is 2.43. The molecule has 1 aromatic carbocycles. The average molecular weight is 301 g/mol. The molecule has 1 aliphatic carbocycles. The van der Waals surface area contributed by atoms with Gasteiger partial charge < -0.3 is 5.11 Å². The number of hydrogen-bond acceptors (Lipinski definition) is 1. The Morgan fingerprint density at radius 1 is 1.35 bits per heavy atom. The van der Waals surface area contributed by atoms with Crippen LogP contribution in [0.1, 0.15) is 50.8 Å². The molecular formula is C14H18BrFO. The van der Waals surface area contributed by atoms with Crippen molar-refractivity contribution in [1.29, 1.82) is 0 Å². The second-order valence-electron chi connectivity index (χ2n) is 5.89. The summed E-state index contributed by atoms with van der Waals surface area (Å²) >= 11 is 3.24. The number of hydrogen-bond donors (Lipinski definition) is 1. The van der Waals surface area contributed by atoms with E-state index >= 15 is 0 Å². The number of halogens is 2. The topological polar surface area (TPSA) is 20.2 Å². The molecule has 1 fully saturated rings. The van der Waals surface area contributed by atoms with Gasteiger partial charge in [-0.25, -0.2) is 4.39 Å². The highest BCUT2D eigenvalue weighted by Gasteiger charge is 2.33. The molecule has 1 unspecified atom stereocenters. The Morgan fingerprint density at radius 2 is 1.94 bits per heavy atom. The smallest absolute Gasteiger partial charge is 0.143 e. The van der Waals surface area contributed by atoms with E-state index in [1.165, 1.54) is 0 Å². The Balaban J connectivity index is 2.46. The molecule has 0 heterocycles. The monoisotopic (exact) mass is 300 g/mol. The van der Waals surface area contributed by atoms with E-state index in [-0.39, 0.29) is 17.2 Å². The van der Waals surface area contributed by atoms with E-state index < -0.39 is 6.10 Å². The third kappa shape index (κ3) is 2.71. The normalized spacial score (nSPS) is 18.2. The van der Waals surface area contributed by atoms with Crippen LogP contribution in [0, 0.1) is 11.7 Å². The van der Waals surface area contributed by atoms with Crippen molar-refractivity contribution in [3.8, 4) is 0 Å². The van der Waals surface area contributed by atoms with Crippen LogP contribution >= 0.6 is 15.9 Å². The summed E-state index contributed by atoms with van der Waals surface area (Å²) in [5.74, 6) is -0.0796. The maximum atomic E-state index is 14.0. The lowest BCUT2D eigenvalue weighted by Crippen LogP contribution is -2.14. The lowest BCUT2D eigenvalue weighted by molar-refractivity contribution is 0.149. The van der Waals surface area contributed by atoms with E-state index in [0.717, 1.165) is 18.4 Å². The Kier molecular flexibility index (Phi) is 3.34. The summed E-state index contributed by atoms with van der Waals surface area (Å²) in [7, 11) is 0.